The normalized spacial score (nSPS) is 12.0. The fraction of sp³-hybridized carbons (Fsp3) is 0.400. The summed E-state index contributed by atoms with van der Waals surface area (Å²) in [5.41, 5.74) is 6.92. The summed E-state index contributed by atoms with van der Waals surface area (Å²) in [6.45, 7) is 3.50. The van der Waals surface area contributed by atoms with Crippen LogP contribution in [0.2, 0.25) is 0 Å². The topological polar surface area (TPSA) is 77.2 Å². The summed E-state index contributed by atoms with van der Waals surface area (Å²) in [7, 11) is 1.50. The highest BCUT2D eigenvalue weighted by atomic mass is 16.5. The largest absolute Gasteiger partial charge is 0.480 e. The Morgan fingerprint density at radius 2 is 2.33 bits per heavy atom. The molecule has 5 nitrogen and oxygen atoms in total. The third-order valence-electron chi connectivity index (χ3n) is 1.85. The molecule has 1 aromatic heterocycles. The highest BCUT2D eigenvalue weighted by molar-refractivity contribution is 5.95. The number of nitrogens with two attached hydrogens (primary N) is 1. The molecule has 0 bridgehead atoms. The van der Waals surface area contributed by atoms with Gasteiger partial charge in [0.25, 0.3) is 0 Å². The van der Waals surface area contributed by atoms with Gasteiger partial charge in [0.15, 0.2) is 0 Å². The summed E-state index contributed by atoms with van der Waals surface area (Å²) in [6, 6.07) is 1.22. The molecule has 1 rings (SSSR count). The van der Waals surface area contributed by atoms with Crippen LogP contribution in [-0.2, 0) is 4.79 Å². The average Bonchev–Trinajstić information content (AvgIpc) is 2.18. The van der Waals surface area contributed by atoms with Crippen molar-refractivity contribution < 1.29 is 9.53 Å². The lowest BCUT2D eigenvalue weighted by atomic mass is 10.2. The number of methoxy groups -OCH3 is 1. The fourth-order valence-corrected chi connectivity index (χ4v) is 1.06. The maximum atomic E-state index is 11.4. The maximum Gasteiger partial charge on any atom is 0.241 e. The Kier molecular flexibility index (Phi) is 3.62. The Balaban J connectivity index is 2.92. The molecule has 1 amide bonds. The molecule has 0 aliphatic carbocycles. The van der Waals surface area contributed by atoms with Crippen LogP contribution in [0.25, 0.3) is 0 Å². The van der Waals surface area contributed by atoms with E-state index in [1.807, 2.05) is 6.92 Å². The molecule has 0 aliphatic rings. The Morgan fingerprint density at radius 1 is 1.67 bits per heavy atom. The molecule has 1 unspecified atom stereocenters. The minimum atomic E-state index is -0.560. The van der Waals surface area contributed by atoms with Gasteiger partial charge in [0.05, 0.1) is 13.2 Å². The summed E-state index contributed by atoms with van der Waals surface area (Å²) in [5.74, 6) is 0.121. The van der Waals surface area contributed by atoms with E-state index in [-0.39, 0.29) is 5.91 Å². The molecule has 1 atom stereocenters. The highest BCUT2D eigenvalue weighted by Crippen LogP contribution is 2.21. The van der Waals surface area contributed by atoms with Crippen molar-refractivity contribution >= 4 is 11.6 Å². The van der Waals surface area contributed by atoms with E-state index in [4.69, 9.17) is 10.5 Å². The summed E-state index contributed by atoms with van der Waals surface area (Å²) < 4.78 is 5.01. The third kappa shape index (κ3) is 2.92. The lowest BCUT2D eigenvalue weighted by molar-refractivity contribution is -0.117. The number of hydrogen-bond acceptors (Lipinski definition) is 4. The molecule has 5 heteroatoms. The van der Waals surface area contributed by atoms with Crippen LogP contribution in [0.3, 0.4) is 0 Å². The number of ether oxygens (including phenoxy) is 1. The van der Waals surface area contributed by atoms with Crippen molar-refractivity contribution in [3.8, 4) is 5.88 Å². The Morgan fingerprint density at radius 3 is 2.87 bits per heavy atom. The lowest BCUT2D eigenvalue weighted by Gasteiger charge is -2.11. The number of hydrogen-bond donors (Lipinski definition) is 2. The first-order valence-corrected chi connectivity index (χ1v) is 4.61. The van der Waals surface area contributed by atoms with Gasteiger partial charge in [-0.1, -0.05) is 0 Å². The zero-order valence-electron chi connectivity index (χ0n) is 9.07. The highest BCUT2D eigenvalue weighted by Gasteiger charge is 2.11. The second-order valence-corrected chi connectivity index (χ2v) is 3.35. The van der Waals surface area contributed by atoms with Gasteiger partial charge in [0.2, 0.25) is 11.8 Å². The smallest absolute Gasteiger partial charge is 0.241 e. The van der Waals surface area contributed by atoms with E-state index in [0.29, 0.717) is 11.6 Å². The number of rotatable bonds is 3. The first-order valence-electron chi connectivity index (χ1n) is 4.61. The predicted octanol–water partition coefficient (Wildman–Crippen LogP) is 0.684. The SMILES string of the molecule is COc1ncc(C)cc1NC(=O)C(C)N. The molecule has 1 heterocycles. The Labute approximate surface area is 88.6 Å². The predicted molar refractivity (Wildman–Crippen MR) is 57.8 cm³/mol. The van der Waals surface area contributed by atoms with Gasteiger partial charge < -0.3 is 15.8 Å². The number of amides is 1. The summed E-state index contributed by atoms with van der Waals surface area (Å²) >= 11 is 0. The van der Waals surface area contributed by atoms with Crippen LogP contribution in [0.4, 0.5) is 5.69 Å². The minimum absolute atomic E-state index is 0.263. The molecular formula is C10H15N3O2. The van der Waals surface area contributed by atoms with E-state index in [1.165, 1.54) is 7.11 Å². The van der Waals surface area contributed by atoms with E-state index in [2.05, 4.69) is 10.3 Å². The van der Waals surface area contributed by atoms with Crippen molar-refractivity contribution in [2.24, 2.45) is 5.73 Å². The first kappa shape index (κ1) is 11.5. The van der Waals surface area contributed by atoms with Crippen LogP contribution in [-0.4, -0.2) is 24.0 Å². The minimum Gasteiger partial charge on any atom is -0.480 e. The lowest BCUT2D eigenvalue weighted by Crippen LogP contribution is -2.32. The molecule has 0 aliphatic heterocycles. The molecular weight excluding hydrogens is 194 g/mol. The number of anilines is 1. The van der Waals surface area contributed by atoms with Crippen LogP contribution in [0.5, 0.6) is 5.88 Å². The third-order valence-corrected chi connectivity index (χ3v) is 1.85. The quantitative estimate of drug-likeness (QED) is 0.767. The summed E-state index contributed by atoms with van der Waals surface area (Å²) in [5, 5.41) is 2.65. The number of carbonyl (C=O) groups excluding carboxylic acids is 1. The molecule has 0 saturated carbocycles. The first-order chi connectivity index (χ1) is 7.04. The number of carbonyl (C=O) groups is 1. The molecule has 0 radical (unpaired) electrons. The van der Waals surface area contributed by atoms with E-state index in [1.54, 1.807) is 19.2 Å². The zero-order chi connectivity index (χ0) is 11.4. The van der Waals surface area contributed by atoms with Crippen molar-refractivity contribution in [3.05, 3.63) is 17.8 Å². The molecule has 0 fully saturated rings. The molecule has 1 aromatic rings. The second kappa shape index (κ2) is 4.75. The summed E-state index contributed by atoms with van der Waals surface area (Å²) in [4.78, 5) is 15.4. The molecule has 0 spiro atoms. The number of aromatic nitrogens is 1. The fourth-order valence-electron chi connectivity index (χ4n) is 1.06. The van der Waals surface area contributed by atoms with Crippen LogP contribution < -0.4 is 15.8 Å². The molecule has 3 N–H and O–H groups in total. The van der Waals surface area contributed by atoms with Gasteiger partial charge in [-0.15, -0.1) is 0 Å². The average molecular weight is 209 g/mol. The van der Waals surface area contributed by atoms with E-state index in [0.717, 1.165) is 5.56 Å². The number of nitrogens with zero attached hydrogens (tertiary/aromatic N) is 1. The van der Waals surface area contributed by atoms with Gasteiger partial charge >= 0.3 is 0 Å². The van der Waals surface area contributed by atoms with Gasteiger partial charge in [0.1, 0.15) is 5.69 Å². The molecule has 0 aromatic carbocycles. The van der Waals surface area contributed by atoms with Crippen molar-refractivity contribution in [2.75, 3.05) is 12.4 Å². The van der Waals surface area contributed by atoms with Crippen molar-refractivity contribution in [1.82, 2.24) is 4.98 Å². The van der Waals surface area contributed by atoms with Crippen molar-refractivity contribution in [3.63, 3.8) is 0 Å². The second-order valence-electron chi connectivity index (χ2n) is 3.35. The number of nitrogens with one attached hydrogen (secondary N) is 1. The maximum absolute atomic E-state index is 11.4. The summed E-state index contributed by atoms with van der Waals surface area (Å²) in [6.07, 6.45) is 1.67. The van der Waals surface area contributed by atoms with Crippen LogP contribution in [0.15, 0.2) is 12.3 Å². The Hall–Kier alpha value is -1.62. The van der Waals surface area contributed by atoms with Crippen LogP contribution >= 0.6 is 0 Å². The van der Waals surface area contributed by atoms with E-state index < -0.39 is 6.04 Å². The van der Waals surface area contributed by atoms with Crippen molar-refractivity contribution in [2.45, 2.75) is 19.9 Å². The van der Waals surface area contributed by atoms with Gasteiger partial charge in [0, 0.05) is 6.20 Å². The van der Waals surface area contributed by atoms with Crippen molar-refractivity contribution in [1.29, 1.82) is 0 Å². The van der Waals surface area contributed by atoms with Gasteiger partial charge in [-0.25, -0.2) is 4.98 Å². The van der Waals surface area contributed by atoms with E-state index >= 15 is 0 Å². The van der Waals surface area contributed by atoms with Crippen LogP contribution in [0, 0.1) is 6.92 Å². The van der Waals surface area contributed by atoms with Gasteiger partial charge in [-0.05, 0) is 25.5 Å². The molecule has 82 valence electrons. The number of aryl methyl sites for hydroxylation is 1. The Bertz CT molecular complexity index is 364. The zero-order valence-corrected chi connectivity index (χ0v) is 9.07. The van der Waals surface area contributed by atoms with Crippen LogP contribution in [0.1, 0.15) is 12.5 Å². The molecule has 0 saturated heterocycles. The monoisotopic (exact) mass is 209 g/mol. The standard InChI is InChI=1S/C10H15N3O2/c1-6-4-8(10(15-3)12-5-6)13-9(14)7(2)11/h4-5,7H,11H2,1-3H3,(H,13,14). The van der Waals surface area contributed by atoms with Gasteiger partial charge in [-0.2, -0.15) is 0 Å². The number of pyridine rings is 1. The van der Waals surface area contributed by atoms with Gasteiger partial charge in [-0.3, -0.25) is 4.79 Å². The molecule has 15 heavy (non-hydrogen) atoms. The van der Waals surface area contributed by atoms with E-state index in [9.17, 15) is 4.79 Å².